The largest absolute Gasteiger partial charge is 0.346 e. The Morgan fingerprint density at radius 3 is 2.36 bits per heavy atom. The van der Waals surface area contributed by atoms with E-state index >= 15 is 0 Å². The van der Waals surface area contributed by atoms with Gasteiger partial charge in [0.15, 0.2) is 0 Å². The molecule has 0 unspecified atom stereocenters. The third kappa shape index (κ3) is 5.76. The van der Waals surface area contributed by atoms with Crippen LogP contribution in [-0.2, 0) is 15.0 Å². The molecule has 2 rings (SSSR count). The average Bonchev–Trinajstić information content (AvgIpc) is 2.88. The number of rotatable bonds is 7. The van der Waals surface area contributed by atoms with Crippen molar-refractivity contribution in [3.05, 3.63) is 35.4 Å². The Bertz CT molecular complexity index is 679. The maximum absolute atomic E-state index is 12.7. The average molecular weight is 405 g/mol. The molecule has 1 fully saturated rings. The monoisotopic (exact) mass is 404 g/mol. The summed E-state index contributed by atoms with van der Waals surface area (Å²) in [6, 6.07) is 8.68. The molecule has 0 bridgehead atoms. The van der Waals surface area contributed by atoms with Crippen molar-refractivity contribution in [3.8, 4) is 0 Å². The molecule has 0 aliphatic carbocycles. The molecular formula is C23H36N2O2S. The molecule has 0 saturated carbocycles. The first-order valence-corrected chi connectivity index (χ1v) is 11.3. The molecule has 1 aliphatic heterocycles. The van der Waals surface area contributed by atoms with Crippen molar-refractivity contribution in [1.29, 1.82) is 0 Å². The summed E-state index contributed by atoms with van der Waals surface area (Å²) in [5, 5.41) is 0.0424. The summed E-state index contributed by atoms with van der Waals surface area (Å²) in [7, 11) is 1.86. The third-order valence-corrected chi connectivity index (χ3v) is 6.60. The van der Waals surface area contributed by atoms with Crippen molar-refractivity contribution in [2.24, 2.45) is 5.92 Å². The van der Waals surface area contributed by atoms with Gasteiger partial charge in [-0.2, -0.15) is 0 Å². The lowest BCUT2D eigenvalue weighted by Gasteiger charge is -2.26. The smallest absolute Gasteiger partial charge is 0.236 e. The van der Waals surface area contributed by atoms with Crippen LogP contribution in [0.5, 0.6) is 0 Å². The summed E-state index contributed by atoms with van der Waals surface area (Å²) in [4.78, 5) is 28.6. The molecule has 5 heteroatoms. The maximum atomic E-state index is 12.7. The van der Waals surface area contributed by atoms with Crippen LogP contribution in [0.4, 0.5) is 0 Å². The zero-order valence-electron chi connectivity index (χ0n) is 18.5. The number of benzene rings is 1. The van der Waals surface area contributed by atoms with Gasteiger partial charge >= 0.3 is 0 Å². The zero-order valence-corrected chi connectivity index (χ0v) is 19.3. The molecule has 0 spiro atoms. The van der Waals surface area contributed by atoms with E-state index in [9.17, 15) is 9.59 Å². The molecule has 28 heavy (non-hydrogen) atoms. The summed E-state index contributed by atoms with van der Waals surface area (Å²) in [5.41, 5.74) is 2.60. The Morgan fingerprint density at radius 2 is 1.82 bits per heavy atom. The minimum absolute atomic E-state index is 0.0207. The Labute approximate surface area is 175 Å². The second-order valence-electron chi connectivity index (χ2n) is 9.30. The summed E-state index contributed by atoms with van der Waals surface area (Å²) in [6.45, 7) is 14.1. The van der Waals surface area contributed by atoms with E-state index < -0.39 is 0 Å². The molecule has 1 aromatic carbocycles. The molecule has 0 aromatic heterocycles. The lowest BCUT2D eigenvalue weighted by atomic mass is 9.86. The molecule has 2 amide bonds. The number of carbonyl (C=O) groups excluding carboxylic acids is 2. The maximum Gasteiger partial charge on any atom is 0.236 e. The molecule has 1 aliphatic rings. The predicted molar refractivity (Wildman–Crippen MR) is 118 cm³/mol. The number of hydrogen-bond acceptors (Lipinski definition) is 3. The number of thioether (sulfide) groups is 1. The van der Waals surface area contributed by atoms with Gasteiger partial charge in [0.25, 0.3) is 0 Å². The van der Waals surface area contributed by atoms with E-state index in [4.69, 9.17) is 0 Å². The minimum Gasteiger partial charge on any atom is -0.346 e. The van der Waals surface area contributed by atoms with Gasteiger partial charge in [-0.15, -0.1) is 11.8 Å². The van der Waals surface area contributed by atoms with Gasteiger partial charge in [0.1, 0.15) is 5.37 Å². The van der Waals surface area contributed by atoms with Gasteiger partial charge in [0.2, 0.25) is 11.8 Å². The van der Waals surface area contributed by atoms with Crippen molar-refractivity contribution in [2.75, 3.05) is 20.1 Å². The summed E-state index contributed by atoms with van der Waals surface area (Å²) in [5.74, 6) is 0.749. The van der Waals surface area contributed by atoms with Crippen LogP contribution in [0.25, 0.3) is 0 Å². The van der Waals surface area contributed by atoms with Crippen LogP contribution in [-0.4, -0.2) is 47.0 Å². The predicted octanol–water partition coefficient (Wildman–Crippen LogP) is 4.84. The first kappa shape index (κ1) is 22.8. The second kappa shape index (κ2) is 9.34. The van der Waals surface area contributed by atoms with Gasteiger partial charge in [-0.3, -0.25) is 9.59 Å². The van der Waals surface area contributed by atoms with Gasteiger partial charge < -0.3 is 9.80 Å². The molecule has 2 atom stereocenters. The van der Waals surface area contributed by atoms with Gasteiger partial charge in [-0.25, -0.2) is 0 Å². The summed E-state index contributed by atoms with van der Waals surface area (Å²) >= 11 is 1.72. The molecule has 156 valence electrons. The summed E-state index contributed by atoms with van der Waals surface area (Å²) in [6.07, 6.45) is 1.38. The molecule has 1 aromatic rings. The van der Waals surface area contributed by atoms with Crippen LogP contribution >= 0.6 is 11.8 Å². The van der Waals surface area contributed by atoms with Crippen LogP contribution in [0.2, 0.25) is 0 Å². The molecule has 4 nitrogen and oxygen atoms in total. The first-order valence-electron chi connectivity index (χ1n) is 10.3. The molecule has 0 N–H and O–H groups in total. The van der Waals surface area contributed by atoms with E-state index in [1.165, 1.54) is 11.1 Å². The van der Waals surface area contributed by atoms with E-state index in [0.717, 1.165) is 6.42 Å². The highest BCUT2D eigenvalue weighted by atomic mass is 32.2. The fourth-order valence-electron chi connectivity index (χ4n) is 3.42. The first-order chi connectivity index (χ1) is 13.0. The molecule has 1 heterocycles. The number of carbonyl (C=O) groups is 2. The van der Waals surface area contributed by atoms with Crippen molar-refractivity contribution in [1.82, 2.24) is 9.80 Å². The number of nitrogens with zero attached hydrogens (tertiary/aromatic N) is 2. The number of amides is 2. The van der Waals surface area contributed by atoms with Gasteiger partial charge in [0.05, 0.1) is 5.25 Å². The van der Waals surface area contributed by atoms with E-state index in [0.29, 0.717) is 25.4 Å². The standard InChI is InChI=1S/C23H36N2O2S/c1-16(2)15-20(26)24(7)13-8-14-25-21(27)17(3)28-22(25)18-9-11-19(12-10-18)23(4,5)6/h9-12,16-17,22H,8,13-15H2,1-7H3/t17-,22-/m1/s1. The molecule has 1 saturated heterocycles. The second-order valence-corrected chi connectivity index (χ2v) is 10.7. The Hall–Kier alpha value is -1.49. The lowest BCUT2D eigenvalue weighted by molar-refractivity contribution is -0.131. The van der Waals surface area contributed by atoms with E-state index in [2.05, 4.69) is 58.9 Å². The fraction of sp³-hybridized carbons (Fsp3) is 0.652. The van der Waals surface area contributed by atoms with Gasteiger partial charge in [0, 0.05) is 26.6 Å². The van der Waals surface area contributed by atoms with Crippen molar-refractivity contribution in [2.45, 2.75) is 70.4 Å². The van der Waals surface area contributed by atoms with Crippen LogP contribution < -0.4 is 0 Å². The topological polar surface area (TPSA) is 40.6 Å². The van der Waals surface area contributed by atoms with E-state index in [1.54, 1.807) is 16.7 Å². The van der Waals surface area contributed by atoms with Gasteiger partial charge in [-0.05, 0) is 35.8 Å². The van der Waals surface area contributed by atoms with E-state index in [1.807, 2.05) is 18.9 Å². The summed E-state index contributed by atoms with van der Waals surface area (Å²) < 4.78 is 0. The van der Waals surface area contributed by atoms with E-state index in [-0.39, 0.29) is 27.9 Å². The van der Waals surface area contributed by atoms with Gasteiger partial charge in [-0.1, -0.05) is 58.9 Å². The van der Waals surface area contributed by atoms with Crippen LogP contribution in [0.3, 0.4) is 0 Å². The number of hydrogen-bond donors (Lipinski definition) is 0. The SMILES string of the molecule is CC(C)CC(=O)N(C)CCCN1C(=O)[C@@H](C)S[C@@H]1c1ccc(C(C)(C)C)cc1. The van der Waals surface area contributed by atoms with Crippen molar-refractivity contribution in [3.63, 3.8) is 0 Å². The Kier molecular flexibility index (Phi) is 7.60. The van der Waals surface area contributed by atoms with Crippen molar-refractivity contribution >= 4 is 23.6 Å². The van der Waals surface area contributed by atoms with Crippen LogP contribution in [0.15, 0.2) is 24.3 Å². The lowest BCUT2D eigenvalue weighted by Crippen LogP contribution is -2.34. The highest BCUT2D eigenvalue weighted by Gasteiger charge is 2.38. The normalized spacial score (nSPS) is 20.1. The Balaban J connectivity index is 2.01. The highest BCUT2D eigenvalue weighted by molar-refractivity contribution is 8.01. The highest BCUT2D eigenvalue weighted by Crippen LogP contribution is 2.43. The minimum atomic E-state index is -0.0207. The van der Waals surface area contributed by atoms with Crippen molar-refractivity contribution < 1.29 is 9.59 Å². The van der Waals surface area contributed by atoms with Crippen LogP contribution in [0, 0.1) is 5.92 Å². The third-order valence-electron chi connectivity index (χ3n) is 5.21. The Morgan fingerprint density at radius 1 is 1.21 bits per heavy atom. The molecular weight excluding hydrogens is 368 g/mol. The quantitative estimate of drug-likeness (QED) is 0.653. The molecule has 0 radical (unpaired) electrons. The van der Waals surface area contributed by atoms with Crippen LogP contribution in [0.1, 0.15) is 70.9 Å². The zero-order chi connectivity index (χ0) is 21.1. The fourth-order valence-corrected chi connectivity index (χ4v) is 4.72.